The van der Waals surface area contributed by atoms with Crippen molar-refractivity contribution >= 4 is 11.6 Å². The van der Waals surface area contributed by atoms with Gasteiger partial charge < -0.3 is 5.32 Å². The van der Waals surface area contributed by atoms with Crippen molar-refractivity contribution in [1.29, 1.82) is 0 Å². The summed E-state index contributed by atoms with van der Waals surface area (Å²) in [5, 5.41) is 3.00. The summed E-state index contributed by atoms with van der Waals surface area (Å²) in [4.78, 5) is 33.6. The van der Waals surface area contributed by atoms with E-state index in [1.54, 1.807) is 12.1 Å². The summed E-state index contributed by atoms with van der Waals surface area (Å²) in [6.07, 6.45) is 1.45. The fraction of sp³-hybridized carbons (Fsp3) is 0.346. The maximum Gasteiger partial charge on any atom is 0.259 e. The Morgan fingerprint density at radius 2 is 1.91 bits per heavy atom. The summed E-state index contributed by atoms with van der Waals surface area (Å²) in [7, 11) is 0. The van der Waals surface area contributed by atoms with Gasteiger partial charge in [0.2, 0.25) is 5.91 Å². The van der Waals surface area contributed by atoms with E-state index in [1.165, 1.54) is 16.7 Å². The van der Waals surface area contributed by atoms with Crippen LogP contribution in [0, 0.1) is 12.7 Å². The minimum Gasteiger partial charge on any atom is -0.324 e. The number of para-hydroxylation sites is 1. The zero-order valence-corrected chi connectivity index (χ0v) is 19.3. The number of nitrogens with zero attached hydrogens (tertiary/aromatic N) is 3. The second kappa shape index (κ2) is 9.67. The van der Waals surface area contributed by atoms with Crippen molar-refractivity contribution in [1.82, 2.24) is 14.5 Å². The van der Waals surface area contributed by atoms with Gasteiger partial charge in [-0.05, 0) is 55.3 Å². The molecule has 0 unspecified atom stereocenters. The number of halogens is 1. The standard InChI is InChI=1S/C26H29FN4O2/c1-4-18-8-6-7-17(3)24(18)29-23(32)16-31-25(19-9-11-20(27)12-10-19)28-22-13-14-30(5-2)15-21(22)26(31)33/h6-12H,4-5,13-16H2,1-3H3,(H,29,32). The molecule has 3 aromatic rings. The Kier molecular flexibility index (Phi) is 6.70. The average Bonchev–Trinajstić information content (AvgIpc) is 2.82. The number of carbonyl (C=O) groups excluding carboxylic acids is 1. The van der Waals surface area contributed by atoms with Crippen molar-refractivity contribution in [3.8, 4) is 11.4 Å². The Hall–Kier alpha value is -3.32. The maximum absolute atomic E-state index is 13.6. The lowest BCUT2D eigenvalue weighted by molar-refractivity contribution is -0.116. The molecule has 7 heteroatoms. The summed E-state index contributed by atoms with van der Waals surface area (Å²) in [6, 6.07) is 11.8. The Morgan fingerprint density at radius 3 is 2.61 bits per heavy atom. The van der Waals surface area contributed by atoms with E-state index in [0.717, 1.165) is 42.0 Å². The molecule has 172 valence electrons. The highest BCUT2D eigenvalue weighted by molar-refractivity contribution is 5.92. The maximum atomic E-state index is 13.6. The summed E-state index contributed by atoms with van der Waals surface area (Å²) in [6.45, 7) is 8.06. The number of amides is 1. The molecule has 0 bridgehead atoms. The van der Waals surface area contributed by atoms with Gasteiger partial charge in [0.25, 0.3) is 5.56 Å². The number of carbonyl (C=O) groups is 1. The van der Waals surface area contributed by atoms with E-state index in [0.29, 0.717) is 29.9 Å². The molecule has 0 saturated heterocycles. The molecule has 0 spiro atoms. The van der Waals surface area contributed by atoms with Crippen LogP contribution in [0.3, 0.4) is 0 Å². The lowest BCUT2D eigenvalue weighted by atomic mass is 10.1. The van der Waals surface area contributed by atoms with Gasteiger partial charge in [0, 0.05) is 30.8 Å². The topological polar surface area (TPSA) is 67.2 Å². The lowest BCUT2D eigenvalue weighted by Gasteiger charge is -2.27. The molecule has 0 atom stereocenters. The Balaban J connectivity index is 1.75. The molecule has 1 aromatic heterocycles. The molecule has 1 N–H and O–H groups in total. The first kappa shape index (κ1) is 22.9. The normalized spacial score (nSPS) is 13.6. The Labute approximate surface area is 193 Å². The number of likely N-dealkylation sites (N-methyl/N-ethyl adjacent to an activating group) is 1. The first-order chi connectivity index (χ1) is 15.9. The summed E-state index contributed by atoms with van der Waals surface area (Å²) >= 11 is 0. The Morgan fingerprint density at radius 1 is 1.15 bits per heavy atom. The highest BCUT2D eigenvalue weighted by Gasteiger charge is 2.24. The van der Waals surface area contributed by atoms with Gasteiger partial charge in [-0.25, -0.2) is 9.37 Å². The number of benzene rings is 2. The molecule has 0 radical (unpaired) electrons. The zero-order chi connectivity index (χ0) is 23.5. The second-order valence-corrected chi connectivity index (χ2v) is 8.39. The number of hydrogen-bond donors (Lipinski definition) is 1. The minimum absolute atomic E-state index is 0.171. The lowest BCUT2D eigenvalue weighted by Crippen LogP contribution is -2.39. The van der Waals surface area contributed by atoms with E-state index in [1.807, 2.05) is 32.0 Å². The van der Waals surface area contributed by atoms with Crippen LogP contribution < -0.4 is 10.9 Å². The predicted molar refractivity (Wildman–Crippen MR) is 128 cm³/mol. The average molecular weight is 449 g/mol. The fourth-order valence-corrected chi connectivity index (χ4v) is 4.33. The number of rotatable bonds is 6. The van der Waals surface area contributed by atoms with Crippen LogP contribution in [0.25, 0.3) is 11.4 Å². The minimum atomic E-state index is -0.367. The highest BCUT2D eigenvalue weighted by Crippen LogP contribution is 2.23. The van der Waals surface area contributed by atoms with Crippen molar-refractivity contribution < 1.29 is 9.18 Å². The predicted octanol–water partition coefficient (Wildman–Crippen LogP) is 3.94. The molecular weight excluding hydrogens is 419 g/mol. The van der Waals surface area contributed by atoms with Gasteiger partial charge in [0.05, 0.1) is 11.3 Å². The zero-order valence-electron chi connectivity index (χ0n) is 19.3. The smallest absolute Gasteiger partial charge is 0.259 e. The Bertz CT molecular complexity index is 1230. The summed E-state index contributed by atoms with van der Waals surface area (Å²) in [5.74, 6) is -0.276. The fourth-order valence-electron chi connectivity index (χ4n) is 4.33. The number of anilines is 1. The molecule has 6 nitrogen and oxygen atoms in total. The molecular formula is C26H29FN4O2. The van der Waals surface area contributed by atoms with Crippen LogP contribution in [-0.4, -0.2) is 33.4 Å². The van der Waals surface area contributed by atoms with Crippen LogP contribution in [-0.2, 0) is 30.7 Å². The second-order valence-electron chi connectivity index (χ2n) is 8.39. The van der Waals surface area contributed by atoms with E-state index in [-0.39, 0.29) is 23.8 Å². The van der Waals surface area contributed by atoms with Gasteiger partial charge in [-0.1, -0.05) is 32.0 Å². The largest absolute Gasteiger partial charge is 0.324 e. The molecule has 1 aliphatic heterocycles. The van der Waals surface area contributed by atoms with E-state index < -0.39 is 0 Å². The molecule has 4 rings (SSSR count). The van der Waals surface area contributed by atoms with Gasteiger partial charge in [-0.3, -0.25) is 19.1 Å². The number of aromatic nitrogens is 2. The van der Waals surface area contributed by atoms with E-state index >= 15 is 0 Å². The summed E-state index contributed by atoms with van der Waals surface area (Å²) < 4.78 is 15.0. The van der Waals surface area contributed by atoms with E-state index in [9.17, 15) is 14.0 Å². The van der Waals surface area contributed by atoms with Crippen molar-refractivity contribution in [2.45, 2.75) is 46.7 Å². The SMILES string of the molecule is CCc1cccc(C)c1NC(=O)Cn1c(-c2ccc(F)cc2)nc2c(c1=O)CN(CC)CC2. The number of nitrogens with one attached hydrogen (secondary N) is 1. The first-order valence-corrected chi connectivity index (χ1v) is 11.4. The van der Waals surface area contributed by atoms with Crippen molar-refractivity contribution in [3.63, 3.8) is 0 Å². The van der Waals surface area contributed by atoms with Crippen LogP contribution in [0.5, 0.6) is 0 Å². The van der Waals surface area contributed by atoms with Crippen LogP contribution in [0.1, 0.15) is 36.2 Å². The molecule has 0 saturated carbocycles. The van der Waals surface area contributed by atoms with Crippen LogP contribution in [0.2, 0.25) is 0 Å². The highest BCUT2D eigenvalue weighted by atomic mass is 19.1. The number of aryl methyl sites for hydroxylation is 2. The molecule has 0 fully saturated rings. The third-order valence-corrected chi connectivity index (χ3v) is 6.25. The van der Waals surface area contributed by atoms with Gasteiger partial charge in [-0.15, -0.1) is 0 Å². The molecule has 2 heterocycles. The van der Waals surface area contributed by atoms with Gasteiger partial charge in [0.15, 0.2) is 0 Å². The van der Waals surface area contributed by atoms with Crippen molar-refractivity contribution in [2.24, 2.45) is 0 Å². The third kappa shape index (κ3) is 4.73. The third-order valence-electron chi connectivity index (χ3n) is 6.25. The van der Waals surface area contributed by atoms with Crippen molar-refractivity contribution in [3.05, 3.63) is 81.0 Å². The van der Waals surface area contributed by atoms with Crippen molar-refractivity contribution in [2.75, 3.05) is 18.4 Å². The quantitative estimate of drug-likeness (QED) is 0.620. The molecule has 2 aromatic carbocycles. The molecule has 33 heavy (non-hydrogen) atoms. The molecule has 0 aliphatic carbocycles. The molecule has 1 amide bonds. The molecule has 1 aliphatic rings. The van der Waals surface area contributed by atoms with E-state index in [2.05, 4.69) is 17.1 Å². The van der Waals surface area contributed by atoms with E-state index in [4.69, 9.17) is 4.98 Å². The van der Waals surface area contributed by atoms with Gasteiger partial charge in [-0.2, -0.15) is 0 Å². The van der Waals surface area contributed by atoms with Crippen LogP contribution in [0.15, 0.2) is 47.3 Å². The number of hydrogen-bond acceptors (Lipinski definition) is 4. The monoisotopic (exact) mass is 448 g/mol. The summed E-state index contributed by atoms with van der Waals surface area (Å²) in [5.41, 5.74) is 4.57. The van der Waals surface area contributed by atoms with Gasteiger partial charge >= 0.3 is 0 Å². The van der Waals surface area contributed by atoms with Gasteiger partial charge in [0.1, 0.15) is 18.2 Å². The number of fused-ring (bicyclic) bond motifs is 1. The van der Waals surface area contributed by atoms with Crippen LogP contribution >= 0.6 is 0 Å². The first-order valence-electron chi connectivity index (χ1n) is 11.4. The van der Waals surface area contributed by atoms with Crippen LogP contribution in [0.4, 0.5) is 10.1 Å².